The number of amides is 1. The van der Waals surface area contributed by atoms with Crippen molar-refractivity contribution < 1.29 is 35.9 Å². The van der Waals surface area contributed by atoms with E-state index in [4.69, 9.17) is 4.74 Å². The van der Waals surface area contributed by atoms with E-state index in [-0.39, 0.29) is 17.2 Å². The number of nitrogens with zero attached hydrogens (tertiary/aromatic N) is 2. The third-order valence-electron chi connectivity index (χ3n) is 6.35. The molecule has 0 bridgehead atoms. The van der Waals surface area contributed by atoms with E-state index in [1.165, 1.54) is 20.4 Å². The predicted octanol–water partition coefficient (Wildman–Crippen LogP) is 8.04. The molecule has 0 fully saturated rings. The molecule has 0 radical (unpaired) electrons. The first-order chi connectivity index (χ1) is 18.8. The fourth-order valence-corrected chi connectivity index (χ4v) is 4.33. The van der Waals surface area contributed by atoms with Gasteiger partial charge in [-0.05, 0) is 65.6 Å². The van der Waals surface area contributed by atoms with Crippen LogP contribution >= 0.6 is 0 Å². The molecule has 3 aromatic carbocycles. The molecule has 208 valence electrons. The number of alkyl halides is 6. The predicted molar refractivity (Wildman–Crippen MR) is 139 cm³/mol. The Morgan fingerprint density at radius 1 is 0.850 bits per heavy atom. The number of halogens is 6. The molecule has 0 N–H and O–H groups in total. The van der Waals surface area contributed by atoms with E-state index in [0.717, 1.165) is 21.6 Å². The number of carbonyl (C=O) groups excluding carboxylic acids is 1. The molecule has 0 aliphatic heterocycles. The highest BCUT2D eigenvalue weighted by molar-refractivity contribution is 6.01. The van der Waals surface area contributed by atoms with Gasteiger partial charge in [0, 0.05) is 25.4 Å². The minimum absolute atomic E-state index is 0.0584. The molecule has 0 aliphatic carbocycles. The second-order valence-electron chi connectivity index (χ2n) is 9.24. The number of aromatic nitrogens is 1. The molecule has 0 spiro atoms. The second kappa shape index (κ2) is 11.0. The van der Waals surface area contributed by atoms with Gasteiger partial charge in [0.2, 0.25) is 0 Å². The largest absolute Gasteiger partial charge is 0.497 e. The van der Waals surface area contributed by atoms with Gasteiger partial charge in [-0.1, -0.05) is 36.4 Å². The molecule has 0 unspecified atom stereocenters. The molecular weight excluding hydrogens is 534 g/mol. The topological polar surface area (TPSA) is 42.4 Å². The van der Waals surface area contributed by atoms with E-state index in [2.05, 4.69) is 4.98 Å². The number of rotatable bonds is 6. The average Bonchev–Trinajstić information content (AvgIpc) is 2.91. The van der Waals surface area contributed by atoms with Crippen LogP contribution in [0.25, 0.3) is 22.4 Å². The maximum Gasteiger partial charge on any atom is 0.416 e. The maximum atomic E-state index is 13.6. The van der Waals surface area contributed by atoms with Crippen molar-refractivity contribution in [1.29, 1.82) is 0 Å². The summed E-state index contributed by atoms with van der Waals surface area (Å²) in [4.78, 5) is 19.1. The lowest BCUT2D eigenvalue weighted by Crippen LogP contribution is -2.27. The summed E-state index contributed by atoms with van der Waals surface area (Å²) in [5, 5.41) is 0. The average molecular weight is 559 g/mol. The summed E-state index contributed by atoms with van der Waals surface area (Å²) in [5.74, 6) is -0.00939. The van der Waals surface area contributed by atoms with Gasteiger partial charge in [0.15, 0.2) is 0 Å². The molecule has 0 saturated heterocycles. The van der Waals surface area contributed by atoms with Gasteiger partial charge in [0.05, 0.1) is 29.5 Å². The quantitative estimate of drug-likeness (QED) is 0.225. The Morgan fingerprint density at radius 2 is 1.50 bits per heavy atom. The van der Waals surface area contributed by atoms with Gasteiger partial charge < -0.3 is 9.64 Å². The van der Waals surface area contributed by atoms with Gasteiger partial charge in [0.25, 0.3) is 5.91 Å². The summed E-state index contributed by atoms with van der Waals surface area (Å²) >= 11 is 0. The van der Waals surface area contributed by atoms with Crippen LogP contribution in [0.5, 0.6) is 5.75 Å². The van der Waals surface area contributed by atoms with Crippen LogP contribution in [0.2, 0.25) is 0 Å². The number of methoxy groups -OCH3 is 1. The summed E-state index contributed by atoms with van der Waals surface area (Å²) < 4.78 is 85.3. The lowest BCUT2D eigenvalue weighted by molar-refractivity contribution is -0.143. The van der Waals surface area contributed by atoms with Gasteiger partial charge in [0.1, 0.15) is 5.75 Å². The number of carbonyl (C=O) groups is 1. The van der Waals surface area contributed by atoms with Crippen LogP contribution in [-0.4, -0.2) is 29.9 Å². The van der Waals surface area contributed by atoms with Crippen LogP contribution < -0.4 is 4.74 Å². The molecule has 4 aromatic rings. The molecule has 4 rings (SSSR count). The van der Waals surface area contributed by atoms with Crippen molar-refractivity contribution in [2.24, 2.45) is 0 Å². The Morgan fingerprint density at radius 3 is 2.10 bits per heavy atom. The fourth-order valence-electron chi connectivity index (χ4n) is 4.33. The Bertz CT molecular complexity index is 1510. The summed E-state index contributed by atoms with van der Waals surface area (Å²) in [6.45, 7) is 1.37. The van der Waals surface area contributed by atoms with E-state index in [1.54, 1.807) is 30.3 Å². The van der Waals surface area contributed by atoms with Crippen molar-refractivity contribution >= 4 is 5.91 Å². The summed E-state index contributed by atoms with van der Waals surface area (Å²) in [5.41, 5.74) is 0.324. The first-order valence-corrected chi connectivity index (χ1v) is 12.0. The first kappa shape index (κ1) is 28.7. The van der Waals surface area contributed by atoms with Gasteiger partial charge in [-0.15, -0.1) is 0 Å². The van der Waals surface area contributed by atoms with Gasteiger partial charge >= 0.3 is 12.4 Å². The highest BCUT2D eigenvalue weighted by Gasteiger charge is 2.37. The molecule has 1 aromatic heterocycles. The lowest BCUT2D eigenvalue weighted by atomic mass is 9.94. The number of benzene rings is 3. The van der Waals surface area contributed by atoms with Crippen LogP contribution in [0.1, 0.15) is 32.6 Å². The smallest absolute Gasteiger partial charge is 0.416 e. The number of hydrogen-bond acceptors (Lipinski definition) is 3. The molecular formula is C30H24F6N2O2. The van der Waals surface area contributed by atoms with Crippen LogP contribution in [0, 0.1) is 6.92 Å². The van der Waals surface area contributed by atoms with Crippen molar-refractivity contribution in [3.63, 3.8) is 0 Å². The summed E-state index contributed by atoms with van der Waals surface area (Å²) in [7, 11) is 2.85. The van der Waals surface area contributed by atoms with Crippen molar-refractivity contribution in [2.45, 2.75) is 25.8 Å². The summed E-state index contributed by atoms with van der Waals surface area (Å²) in [6.07, 6.45) is -8.62. The third-order valence-corrected chi connectivity index (χ3v) is 6.35. The van der Waals surface area contributed by atoms with E-state index >= 15 is 0 Å². The van der Waals surface area contributed by atoms with Crippen LogP contribution in [0.15, 0.2) is 79.0 Å². The minimum Gasteiger partial charge on any atom is -0.497 e. The molecule has 0 atom stereocenters. The van der Waals surface area contributed by atoms with Crippen LogP contribution in [0.4, 0.5) is 26.3 Å². The molecule has 0 saturated carbocycles. The van der Waals surface area contributed by atoms with E-state index < -0.39 is 35.9 Å². The number of ether oxygens (including phenoxy) is 1. The van der Waals surface area contributed by atoms with Crippen molar-refractivity contribution in [2.75, 3.05) is 14.2 Å². The van der Waals surface area contributed by atoms with E-state index in [9.17, 15) is 31.1 Å². The van der Waals surface area contributed by atoms with Crippen LogP contribution in [-0.2, 0) is 18.9 Å². The molecule has 1 heterocycles. The fraction of sp³-hybridized carbons (Fsp3) is 0.200. The lowest BCUT2D eigenvalue weighted by Gasteiger charge is -2.22. The zero-order chi connectivity index (χ0) is 29.2. The normalized spacial score (nSPS) is 11.8. The summed E-state index contributed by atoms with van der Waals surface area (Å²) in [6, 6.07) is 17.5. The number of aryl methyl sites for hydroxylation is 1. The van der Waals surface area contributed by atoms with E-state index in [0.29, 0.717) is 29.1 Å². The van der Waals surface area contributed by atoms with Crippen molar-refractivity contribution in [3.05, 3.63) is 107 Å². The Kier molecular flexibility index (Phi) is 7.91. The van der Waals surface area contributed by atoms with Gasteiger partial charge in [-0.3, -0.25) is 9.78 Å². The van der Waals surface area contributed by atoms with E-state index in [1.807, 2.05) is 31.2 Å². The van der Waals surface area contributed by atoms with Crippen molar-refractivity contribution in [3.8, 4) is 28.1 Å². The highest BCUT2D eigenvalue weighted by atomic mass is 19.4. The second-order valence-corrected chi connectivity index (χ2v) is 9.24. The molecule has 4 nitrogen and oxygen atoms in total. The molecule has 1 amide bonds. The number of pyridine rings is 1. The highest BCUT2D eigenvalue weighted by Crippen LogP contribution is 2.37. The Hall–Kier alpha value is -4.34. The zero-order valence-electron chi connectivity index (χ0n) is 21.7. The van der Waals surface area contributed by atoms with Gasteiger partial charge in [-0.2, -0.15) is 26.3 Å². The van der Waals surface area contributed by atoms with Crippen molar-refractivity contribution in [1.82, 2.24) is 9.88 Å². The Labute approximate surface area is 226 Å². The SMILES string of the molecule is COc1cccc(-c2cc(-c3ccccc3C)c(C(=O)N(C)Cc3cc(C(F)(F)F)cc(C(F)(F)F)c3)cn2)c1. The monoisotopic (exact) mass is 558 g/mol. The third kappa shape index (κ3) is 6.27. The molecule has 10 heteroatoms. The molecule has 0 aliphatic rings. The standard InChI is InChI=1S/C30H24F6N2O2/c1-18-7-4-5-10-24(18)25-15-27(20-8-6-9-23(13-20)40-3)37-16-26(25)28(39)38(2)17-19-11-21(29(31,32)33)14-22(12-19)30(34,35)36/h4-16H,17H2,1-3H3. The first-order valence-electron chi connectivity index (χ1n) is 12.0. The van der Waals surface area contributed by atoms with Crippen LogP contribution in [0.3, 0.4) is 0 Å². The van der Waals surface area contributed by atoms with Gasteiger partial charge in [-0.25, -0.2) is 0 Å². The number of hydrogen-bond donors (Lipinski definition) is 0. The minimum atomic E-state index is -4.99. The maximum absolute atomic E-state index is 13.6. The zero-order valence-corrected chi connectivity index (χ0v) is 21.7. The molecule has 40 heavy (non-hydrogen) atoms. The Balaban J connectivity index is 1.76.